The fourth-order valence-electron chi connectivity index (χ4n) is 0.969. The first-order chi connectivity index (χ1) is 6.54. The highest BCUT2D eigenvalue weighted by Crippen LogP contribution is 2.29. The molecule has 0 fully saturated rings. The molecule has 74 valence electrons. The van der Waals surface area contributed by atoms with Gasteiger partial charge in [-0.3, -0.25) is 20.2 Å². The molecule has 0 spiro atoms. The maximum atomic E-state index is 10.5. The zero-order chi connectivity index (χ0) is 10.7. The zero-order valence-electron chi connectivity index (χ0n) is 6.79. The quantitative estimate of drug-likeness (QED) is 0.335. The second-order valence-electron chi connectivity index (χ2n) is 2.44. The normalized spacial score (nSPS) is 12.1. The summed E-state index contributed by atoms with van der Waals surface area (Å²) < 4.78 is 0. The Morgan fingerprint density at radius 1 is 1.21 bits per heavy atom. The van der Waals surface area contributed by atoms with E-state index in [0.29, 0.717) is 0 Å². The predicted octanol–water partition coefficient (Wildman–Crippen LogP) is 2.11. The lowest BCUT2D eigenvalue weighted by Crippen LogP contribution is -2.06. The van der Waals surface area contributed by atoms with Crippen LogP contribution in [0.1, 0.15) is 11.1 Å². The summed E-state index contributed by atoms with van der Waals surface area (Å²) in [5, 5.41) is 20.8. The van der Waals surface area contributed by atoms with Gasteiger partial charge in [-0.15, -0.1) is 0 Å². The zero-order valence-corrected chi connectivity index (χ0v) is 7.55. The molecule has 0 amide bonds. The van der Waals surface area contributed by atoms with Crippen LogP contribution >= 0.6 is 11.6 Å². The van der Waals surface area contributed by atoms with Crippen LogP contribution in [0.2, 0.25) is 0 Å². The molecule has 0 radical (unpaired) electrons. The van der Waals surface area contributed by atoms with E-state index in [-0.39, 0.29) is 11.3 Å². The van der Waals surface area contributed by atoms with E-state index in [4.69, 9.17) is 11.6 Å². The smallest absolute Gasteiger partial charge is 0.263 e. The first-order valence-electron chi connectivity index (χ1n) is 3.55. The minimum atomic E-state index is -1.59. The molecule has 0 N–H and O–H groups in total. The lowest BCUT2D eigenvalue weighted by Gasteiger charge is -2.01. The second-order valence-corrected chi connectivity index (χ2v) is 2.85. The second kappa shape index (κ2) is 4.01. The van der Waals surface area contributed by atoms with Gasteiger partial charge in [0.1, 0.15) is 5.56 Å². The number of nitro groups is 2. The molecule has 7 heteroatoms. The van der Waals surface area contributed by atoms with Crippen molar-refractivity contribution in [3.8, 4) is 0 Å². The van der Waals surface area contributed by atoms with Gasteiger partial charge in [0.15, 0.2) is 0 Å². The van der Waals surface area contributed by atoms with E-state index < -0.39 is 15.3 Å². The molecule has 1 aromatic rings. The number of hydrogen-bond donors (Lipinski definition) is 0. The molecule has 0 aliphatic heterocycles. The van der Waals surface area contributed by atoms with Gasteiger partial charge in [0.2, 0.25) is 0 Å². The van der Waals surface area contributed by atoms with Gasteiger partial charge in [0.25, 0.3) is 5.69 Å². The van der Waals surface area contributed by atoms with Crippen LogP contribution in [0, 0.1) is 20.2 Å². The average molecular weight is 217 g/mol. The van der Waals surface area contributed by atoms with Crippen molar-refractivity contribution >= 4 is 17.3 Å². The summed E-state index contributed by atoms with van der Waals surface area (Å²) >= 11 is 5.39. The van der Waals surface area contributed by atoms with E-state index in [0.717, 1.165) is 0 Å². The number of alkyl halides is 1. The van der Waals surface area contributed by atoms with E-state index in [1.165, 1.54) is 24.3 Å². The third-order valence-electron chi connectivity index (χ3n) is 1.58. The summed E-state index contributed by atoms with van der Waals surface area (Å²) in [6.45, 7) is 0. The Hall–Kier alpha value is -1.69. The third kappa shape index (κ3) is 1.97. The number of benzene rings is 1. The topological polar surface area (TPSA) is 86.3 Å². The highest BCUT2D eigenvalue weighted by atomic mass is 35.5. The molecule has 1 rings (SSSR count). The van der Waals surface area contributed by atoms with Crippen molar-refractivity contribution in [3.05, 3.63) is 50.1 Å². The lowest BCUT2D eigenvalue weighted by molar-refractivity contribution is -0.505. The molecule has 0 aromatic heterocycles. The van der Waals surface area contributed by atoms with Gasteiger partial charge < -0.3 is 0 Å². The van der Waals surface area contributed by atoms with Gasteiger partial charge in [-0.2, -0.15) is 0 Å². The number of rotatable bonds is 3. The van der Waals surface area contributed by atoms with Crippen LogP contribution in [0.5, 0.6) is 0 Å². The van der Waals surface area contributed by atoms with Crippen molar-refractivity contribution in [2.45, 2.75) is 5.50 Å². The first-order valence-corrected chi connectivity index (χ1v) is 3.98. The number of para-hydroxylation sites is 1. The van der Waals surface area contributed by atoms with E-state index in [9.17, 15) is 20.2 Å². The summed E-state index contributed by atoms with van der Waals surface area (Å²) in [5.74, 6) is 0. The van der Waals surface area contributed by atoms with Gasteiger partial charge in [0.05, 0.1) is 4.92 Å². The molecular formula is C7H5ClN2O4. The van der Waals surface area contributed by atoms with E-state index >= 15 is 0 Å². The van der Waals surface area contributed by atoms with Crippen LogP contribution in [0.4, 0.5) is 5.69 Å². The van der Waals surface area contributed by atoms with Gasteiger partial charge in [0, 0.05) is 11.0 Å². The highest BCUT2D eigenvalue weighted by molar-refractivity contribution is 6.20. The van der Waals surface area contributed by atoms with Crippen LogP contribution in [-0.4, -0.2) is 9.85 Å². The molecule has 0 bridgehead atoms. The van der Waals surface area contributed by atoms with Crippen LogP contribution in [0.25, 0.3) is 0 Å². The molecule has 0 aliphatic rings. The highest BCUT2D eigenvalue weighted by Gasteiger charge is 2.27. The molecule has 0 saturated heterocycles. The maximum absolute atomic E-state index is 10.5. The Labute approximate surface area is 83.4 Å². The van der Waals surface area contributed by atoms with Gasteiger partial charge >= 0.3 is 5.50 Å². The molecule has 6 nitrogen and oxygen atoms in total. The third-order valence-corrected chi connectivity index (χ3v) is 1.97. The van der Waals surface area contributed by atoms with Crippen LogP contribution in [0.3, 0.4) is 0 Å². The van der Waals surface area contributed by atoms with E-state index in [1.807, 2.05) is 0 Å². The molecule has 14 heavy (non-hydrogen) atoms. The average Bonchev–Trinajstić information content (AvgIpc) is 2.16. The van der Waals surface area contributed by atoms with Crippen LogP contribution in [-0.2, 0) is 0 Å². The van der Waals surface area contributed by atoms with Crippen LogP contribution < -0.4 is 0 Å². The summed E-state index contributed by atoms with van der Waals surface area (Å²) in [7, 11) is 0. The first kappa shape index (κ1) is 10.4. The number of halogens is 1. The molecule has 0 aliphatic carbocycles. The SMILES string of the molecule is O=[N+]([O-])c1ccccc1C(Cl)[N+](=O)[O-]. The van der Waals surface area contributed by atoms with Crippen molar-refractivity contribution in [1.82, 2.24) is 0 Å². The summed E-state index contributed by atoms with van der Waals surface area (Å²) in [4.78, 5) is 19.3. The molecule has 1 unspecified atom stereocenters. The van der Waals surface area contributed by atoms with Crippen LogP contribution in [0.15, 0.2) is 24.3 Å². The standard InChI is InChI=1S/C7H5ClN2O4/c8-7(10(13)14)5-3-1-2-4-6(5)9(11)12/h1-4,7H. The van der Waals surface area contributed by atoms with Crippen molar-refractivity contribution in [2.24, 2.45) is 0 Å². The molecule has 0 heterocycles. The predicted molar refractivity (Wildman–Crippen MR) is 48.7 cm³/mol. The lowest BCUT2D eigenvalue weighted by atomic mass is 10.2. The van der Waals surface area contributed by atoms with Gasteiger partial charge in [-0.1, -0.05) is 12.1 Å². The minimum Gasteiger partial charge on any atom is -0.263 e. The Morgan fingerprint density at radius 2 is 1.79 bits per heavy atom. The summed E-state index contributed by atoms with van der Waals surface area (Å²) in [6, 6.07) is 5.32. The minimum absolute atomic E-state index is 0.107. The molecule has 1 atom stereocenters. The number of nitrogens with zero attached hydrogens (tertiary/aromatic N) is 2. The Balaban J connectivity index is 3.19. The van der Waals surface area contributed by atoms with Crippen molar-refractivity contribution < 1.29 is 9.85 Å². The van der Waals surface area contributed by atoms with Gasteiger partial charge in [-0.25, -0.2) is 0 Å². The fourth-order valence-corrected chi connectivity index (χ4v) is 1.15. The summed E-state index contributed by atoms with van der Waals surface area (Å²) in [5.41, 5.74) is -2.04. The van der Waals surface area contributed by atoms with E-state index in [2.05, 4.69) is 0 Å². The molecule has 0 saturated carbocycles. The van der Waals surface area contributed by atoms with Crippen molar-refractivity contribution in [1.29, 1.82) is 0 Å². The number of nitro benzene ring substituents is 1. The number of hydrogen-bond acceptors (Lipinski definition) is 4. The van der Waals surface area contributed by atoms with Gasteiger partial charge in [-0.05, 0) is 17.7 Å². The Morgan fingerprint density at radius 3 is 2.29 bits per heavy atom. The van der Waals surface area contributed by atoms with Crippen molar-refractivity contribution in [2.75, 3.05) is 0 Å². The molecular weight excluding hydrogens is 212 g/mol. The Kier molecular flexibility index (Phi) is 2.98. The fraction of sp³-hybridized carbons (Fsp3) is 0.143. The monoisotopic (exact) mass is 216 g/mol. The largest absolute Gasteiger partial charge is 0.318 e. The van der Waals surface area contributed by atoms with Crippen molar-refractivity contribution in [3.63, 3.8) is 0 Å². The van der Waals surface area contributed by atoms with E-state index in [1.54, 1.807) is 0 Å². The summed E-state index contributed by atoms with van der Waals surface area (Å²) in [6.07, 6.45) is 0. The molecule has 1 aromatic carbocycles. The Bertz CT molecular complexity index is 382. The maximum Gasteiger partial charge on any atom is 0.318 e.